The number of nitrogens with one attached hydrogen (secondary N) is 2. The molecule has 21 nitrogen and oxygen atoms in total. The quantitative estimate of drug-likeness (QED) is 0.0408. The zero-order valence-electron chi connectivity index (χ0n) is 43.6. The molecule has 408 valence electrons. The van der Waals surface area contributed by atoms with Crippen LogP contribution in [0.2, 0.25) is 0 Å². The fourth-order valence-electron chi connectivity index (χ4n) is 9.98. The maximum Gasteiger partial charge on any atom is 0.475 e. The van der Waals surface area contributed by atoms with Crippen molar-refractivity contribution in [3.8, 4) is 17.6 Å². The number of rotatable bonds is 21. The Bertz CT molecular complexity index is 3000. The van der Waals surface area contributed by atoms with Crippen LogP contribution in [-0.2, 0) is 47.0 Å². The SMILES string of the molecule is COc1ccc(C(OC[C@H]2O[C@@H](n3ccc(=O)[nH]c3=O)[C@@H]3CCCCO[P@](=O)(OC[C@H]4O[C@@H](n5cc(C)c(=O)[nH]c5=O)C[C@@H]4OP(OCCC#N)N(C(C)C)C(C)C)O[C@@H]32)(c2ccccc2)c2ccc(OC)cc2)cc1. The molecule has 3 aliphatic rings. The number of methoxy groups -OCH3 is 2. The molecular weight excluding hydrogens is 1020 g/mol. The minimum atomic E-state index is -4.65. The molecule has 5 heterocycles. The van der Waals surface area contributed by atoms with Crippen molar-refractivity contribution in [2.24, 2.45) is 5.92 Å². The molecular formula is C53H66N6O15P2. The van der Waals surface area contributed by atoms with Crippen molar-refractivity contribution in [2.75, 3.05) is 40.6 Å². The van der Waals surface area contributed by atoms with Crippen LogP contribution in [0.1, 0.15) is 94.5 Å². The lowest BCUT2D eigenvalue weighted by molar-refractivity contribution is -0.0965. The summed E-state index contributed by atoms with van der Waals surface area (Å²) in [5.74, 6) is 0.580. The van der Waals surface area contributed by atoms with Gasteiger partial charge in [-0.15, -0.1) is 0 Å². The van der Waals surface area contributed by atoms with E-state index >= 15 is 4.57 Å². The highest BCUT2D eigenvalue weighted by molar-refractivity contribution is 7.48. The first kappa shape index (κ1) is 56.6. The number of aromatic amines is 2. The standard InChI is InChI=1S/C53H66N6O15P2/c1-34(2)59(35(3)4)75(68-28-13-26-54)73-43-30-47(58-31-36(5)49(61)56-52(58)63)71-44(43)33-70-76(64)69-29-12-11-16-42-48(74-76)45(72-50(42)57-27-25-46(60)55-51(57)62)32-67-53(37-14-9-8-10-15-37,38-17-21-40(65-6)22-18-38)39-19-23-41(66-7)24-20-39/h8-10,14-15,17-25,27,31,34-35,42-45,47-48,50H,11-13,16,28-30,32-33H2,1-7H3,(H,55,60,62)(H,56,61,63)/t42-,43+,44-,45-,47-,48+,50-,75?,76-/m1/s1. The summed E-state index contributed by atoms with van der Waals surface area (Å²) in [4.78, 5) is 56.4. The van der Waals surface area contributed by atoms with Gasteiger partial charge in [0, 0.05) is 48.4 Å². The second-order valence-corrected chi connectivity index (χ2v) is 22.3. The van der Waals surface area contributed by atoms with E-state index in [1.165, 1.54) is 27.6 Å². The van der Waals surface area contributed by atoms with E-state index in [1.54, 1.807) is 21.1 Å². The van der Waals surface area contributed by atoms with Gasteiger partial charge >= 0.3 is 19.2 Å². The van der Waals surface area contributed by atoms with Gasteiger partial charge in [-0.1, -0.05) is 61.0 Å². The van der Waals surface area contributed by atoms with Crippen molar-refractivity contribution in [2.45, 2.75) is 121 Å². The van der Waals surface area contributed by atoms with E-state index in [-0.39, 0.29) is 50.3 Å². The number of aryl methyl sites for hydroxylation is 1. The minimum absolute atomic E-state index is 0.0238. The molecule has 0 bridgehead atoms. The van der Waals surface area contributed by atoms with Crippen molar-refractivity contribution < 1.29 is 50.9 Å². The Morgan fingerprint density at radius 2 is 1.47 bits per heavy atom. The van der Waals surface area contributed by atoms with Gasteiger partial charge < -0.3 is 32.7 Å². The topological polar surface area (TPSA) is 246 Å². The Labute approximate surface area is 441 Å². The third-order valence-corrected chi connectivity index (χ3v) is 17.2. The van der Waals surface area contributed by atoms with Gasteiger partial charge in [0.15, 0.2) is 0 Å². The van der Waals surface area contributed by atoms with E-state index in [4.69, 9.17) is 46.3 Å². The number of aromatic nitrogens is 4. The molecule has 8 rings (SSSR count). The number of fused-ring (bicyclic) bond motifs is 1. The molecule has 0 radical (unpaired) electrons. The fraction of sp³-hybridized carbons (Fsp3) is 0.491. The third kappa shape index (κ3) is 12.7. The predicted molar refractivity (Wildman–Crippen MR) is 280 cm³/mol. The Morgan fingerprint density at radius 1 is 0.829 bits per heavy atom. The normalized spacial score (nSPS) is 24.4. The third-order valence-electron chi connectivity index (χ3n) is 13.6. The molecule has 9 atom stereocenters. The summed E-state index contributed by atoms with van der Waals surface area (Å²) >= 11 is 0. The number of nitrogens with zero attached hydrogens (tertiary/aromatic N) is 4. The summed E-state index contributed by atoms with van der Waals surface area (Å²) in [5.41, 5.74) is -1.39. The first-order valence-electron chi connectivity index (χ1n) is 25.3. The van der Waals surface area contributed by atoms with E-state index in [9.17, 15) is 24.4 Å². The van der Waals surface area contributed by atoms with Crippen LogP contribution in [-0.4, -0.2) is 101 Å². The van der Waals surface area contributed by atoms with Crippen molar-refractivity contribution in [1.82, 2.24) is 23.8 Å². The molecule has 0 saturated carbocycles. The highest BCUT2D eigenvalue weighted by Crippen LogP contribution is 2.57. The number of phosphoric ester groups is 1. The smallest absolute Gasteiger partial charge is 0.475 e. The molecule has 3 aromatic carbocycles. The average molecular weight is 1090 g/mol. The molecule has 3 fully saturated rings. The van der Waals surface area contributed by atoms with Crippen molar-refractivity contribution >= 4 is 16.3 Å². The molecule has 0 amide bonds. The van der Waals surface area contributed by atoms with Gasteiger partial charge in [-0.05, 0) is 88.4 Å². The Balaban J connectivity index is 1.16. The van der Waals surface area contributed by atoms with Crippen LogP contribution >= 0.6 is 16.3 Å². The second kappa shape index (κ2) is 25.3. The Hall–Kier alpha value is -5.59. The molecule has 0 aliphatic carbocycles. The van der Waals surface area contributed by atoms with Crippen LogP contribution in [0.4, 0.5) is 0 Å². The van der Waals surface area contributed by atoms with Crippen LogP contribution in [0.15, 0.2) is 117 Å². The second-order valence-electron chi connectivity index (χ2n) is 19.2. The molecule has 2 N–H and O–H groups in total. The zero-order chi connectivity index (χ0) is 54.1. The number of ether oxygens (including phenoxy) is 5. The Morgan fingerprint density at radius 3 is 2.09 bits per heavy atom. The predicted octanol–water partition coefficient (Wildman–Crippen LogP) is 7.59. The fourth-order valence-corrected chi connectivity index (χ4v) is 13.2. The van der Waals surface area contributed by atoms with Crippen molar-refractivity contribution in [3.63, 3.8) is 0 Å². The summed E-state index contributed by atoms with van der Waals surface area (Å²) in [7, 11) is -3.32. The van der Waals surface area contributed by atoms with Crippen molar-refractivity contribution in [3.05, 3.63) is 161 Å². The van der Waals surface area contributed by atoms with E-state index in [2.05, 4.69) is 16.0 Å². The molecule has 0 spiro atoms. The highest BCUT2D eigenvalue weighted by Gasteiger charge is 2.53. The molecule has 5 aromatic rings. The highest BCUT2D eigenvalue weighted by atomic mass is 31.2. The maximum absolute atomic E-state index is 15.5. The summed E-state index contributed by atoms with van der Waals surface area (Å²) < 4.78 is 84.1. The molecule has 3 aliphatic heterocycles. The molecule has 3 saturated heterocycles. The number of phosphoric acid groups is 1. The van der Waals surface area contributed by atoms with Gasteiger partial charge in [-0.25, -0.2) is 18.8 Å². The van der Waals surface area contributed by atoms with E-state index in [0.29, 0.717) is 30.8 Å². The summed E-state index contributed by atoms with van der Waals surface area (Å²) in [6.45, 7) is 8.97. The monoisotopic (exact) mass is 1090 g/mol. The molecule has 1 unspecified atom stereocenters. The largest absolute Gasteiger partial charge is 0.497 e. The molecule has 76 heavy (non-hydrogen) atoms. The minimum Gasteiger partial charge on any atom is -0.497 e. The van der Waals surface area contributed by atoms with Gasteiger partial charge in [-0.3, -0.25) is 42.3 Å². The zero-order valence-corrected chi connectivity index (χ0v) is 45.4. The van der Waals surface area contributed by atoms with E-state index in [1.807, 2.05) is 111 Å². The van der Waals surface area contributed by atoms with Gasteiger partial charge in [0.05, 0.1) is 59.2 Å². The summed E-state index contributed by atoms with van der Waals surface area (Å²) in [6, 6.07) is 27.9. The van der Waals surface area contributed by atoms with Crippen LogP contribution in [0.25, 0.3) is 0 Å². The molecule has 2 aromatic heterocycles. The number of H-pyrrole nitrogens is 2. The van der Waals surface area contributed by atoms with Gasteiger partial charge in [0.2, 0.25) is 0 Å². The first-order chi connectivity index (χ1) is 36.6. The number of benzene rings is 3. The maximum atomic E-state index is 15.5. The lowest BCUT2D eigenvalue weighted by Gasteiger charge is -2.37. The van der Waals surface area contributed by atoms with Crippen LogP contribution < -0.4 is 32.0 Å². The summed E-state index contributed by atoms with van der Waals surface area (Å²) in [5, 5.41) is 9.40. The van der Waals surface area contributed by atoms with Crippen LogP contribution in [0, 0.1) is 24.2 Å². The first-order valence-corrected chi connectivity index (χ1v) is 27.9. The lowest BCUT2D eigenvalue weighted by Crippen LogP contribution is -2.39. The summed E-state index contributed by atoms with van der Waals surface area (Å²) in [6.07, 6.45) is -1.75. The Kier molecular flexibility index (Phi) is 18.8. The number of nitriles is 1. The van der Waals surface area contributed by atoms with E-state index < -0.39 is 93.8 Å². The number of hydrogen-bond donors (Lipinski definition) is 2. The van der Waals surface area contributed by atoms with E-state index in [0.717, 1.165) is 16.7 Å². The van der Waals surface area contributed by atoms with Gasteiger partial charge in [0.1, 0.15) is 47.9 Å². The van der Waals surface area contributed by atoms with Crippen molar-refractivity contribution in [1.29, 1.82) is 5.26 Å². The molecule has 23 heteroatoms. The average Bonchev–Trinajstić information content (AvgIpc) is 4.07. The van der Waals surface area contributed by atoms with Gasteiger partial charge in [-0.2, -0.15) is 5.26 Å². The van der Waals surface area contributed by atoms with Gasteiger partial charge in [0.25, 0.3) is 19.6 Å². The van der Waals surface area contributed by atoms with Crippen LogP contribution in [0.5, 0.6) is 11.5 Å². The lowest BCUT2D eigenvalue weighted by atomic mass is 9.80. The van der Waals surface area contributed by atoms with Crippen LogP contribution in [0.3, 0.4) is 0 Å². The number of hydrogen-bond acceptors (Lipinski definition) is 17.